The Balaban J connectivity index is 0.00000161. The van der Waals surface area contributed by atoms with Gasteiger partial charge in [-0.2, -0.15) is 0 Å². The Morgan fingerprint density at radius 2 is 1.71 bits per heavy atom. The topological polar surface area (TPSA) is 57.2 Å². The first-order valence-electron chi connectivity index (χ1n) is 6.25. The highest BCUT2D eigenvalue weighted by molar-refractivity contribution is 5.85. The number of hydrogen-bond acceptors (Lipinski definition) is 3. The van der Waals surface area contributed by atoms with Gasteiger partial charge in [-0.3, -0.25) is 4.79 Å². The number of halogens is 1. The molecule has 0 aliphatic carbocycles. The molecule has 2 aromatic carbocycles. The number of nitrogens with two attached hydrogens (primary N) is 1. The summed E-state index contributed by atoms with van der Waals surface area (Å²) in [5.41, 5.74) is 1.35. The Morgan fingerprint density at radius 1 is 1.05 bits per heavy atom. The van der Waals surface area contributed by atoms with Crippen molar-refractivity contribution in [1.29, 1.82) is 0 Å². The highest BCUT2D eigenvalue weighted by Crippen LogP contribution is 2.23. The summed E-state index contributed by atoms with van der Waals surface area (Å²) < 4.78 is 6.31. The molecule has 0 amide bonds. The van der Waals surface area contributed by atoms with Gasteiger partial charge in [0, 0.05) is 10.9 Å². The summed E-state index contributed by atoms with van der Waals surface area (Å²) in [5, 5.41) is 1.50. The molecule has 3 aromatic rings. The van der Waals surface area contributed by atoms with Gasteiger partial charge in [0.25, 0.3) is 5.56 Å². The van der Waals surface area contributed by atoms with Crippen LogP contribution in [0.25, 0.3) is 22.0 Å². The molecule has 0 atom stereocenters. The number of rotatable bonds is 2. The third-order valence-corrected chi connectivity index (χ3v) is 3.35. The minimum atomic E-state index is -0.200. The Hall–Kier alpha value is -2.46. The lowest BCUT2D eigenvalue weighted by atomic mass is 10.1. The van der Waals surface area contributed by atoms with Crippen LogP contribution in [0.5, 0.6) is 5.75 Å². The van der Waals surface area contributed by atoms with Gasteiger partial charge in [-0.15, -0.1) is 12.4 Å². The number of nitrogens with zero attached hydrogens (tertiary/aromatic N) is 1. The molecule has 1 heterocycles. The van der Waals surface area contributed by atoms with Crippen molar-refractivity contribution in [2.24, 2.45) is 0 Å². The number of fused-ring (bicyclic) bond motifs is 1. The van der Waals surface area contributed by atoms with E-state index in [4.69, 9.17) is 10.6 Å². The van der Waals surface area contributed by atoms with Gasteiger partial charge in [-0.05, 0) is 41.8 Å². The Labute approximate surface area is 128 Å². The van der Waals surface area contributed by atoms with E-state index in [1.54, 1.807) is 13.2 Å². The highest BCUT2D eigenvalue weighted by Gasteiger charge is 2.08. The molecule has 0 aliphatic heterocycles. The highest BCUT2D eigenvalue weighted by atomic mass is 35.5. The lowest BCUT2D eigenvalue weighted by Gasteiger charge is -2.10. The summed E-state index contributed by atoms with van der Waals surface area (Å²) >= 11 is 0. The quantitative estimate of drug-likeness (QED) is 0.741. The summed E-state index contributed by atoms with van der Waals surface area (Å²) in [4.78, 5) is 12.3. The van der Waals surface area contributed by atoms with Crippen molar-refractivity contribution in [3.63, 3.8) is 0 Å². The fourth-order valence-electron chi connectivity index (χ4n) is 2.26. The fourth-order valence-corrected chi connectivity index (χ4v) is 2.26. The van der Waals surface area contributed by atoms with Crippen LogP contribution in [0, 0.1) is 0 Å². The van der Waals surface area contributed by atoms with Gasteiger partial charge in [-0.25, -0.2) is 4.68 Å². The zero-order valence-corrected chi connectivity index (χ0v) is 12.3. The third kappa shape index (κ3) is 2.58. The SMILES string of the molecule is COc1ccc(-c2cc3ccccc3c(=O)n2N)cc1.Cl. The second-order valence-electron chi connectivity index (χ2n) is 4.52. The Kier molecular flexibility index (Phi) is 4.19. The number of aromatic nitrogens is 1. The molecule has 0 spiro atoms. The van der Waals surface area contributed by atoms with Gasteiger partial charge in [0.05, 0.1) is 12.8 Å². The standard InChI is InChI=1S/C16H14N2O2.ClH/c1-20-13-8-6-11(7-9-13)15-10-12-4-2-3-5-14(12)16(19)18(15)17;/h2-10H,17H2,1H3;1H. The molecule has 108 valence electrons. The zero-order valence-electron chi connectivity index (χ0n) is 11.4. The van der Waals surface area contributed by atoms with Crippen LogP contribution in [0.4, 0.5) is 0 Å². The molecule has 0 saturated heterocycles. The minimum Gasteiger partial charge on any atom is -0.497 e. The summed E-state index contributed by atoms with van der Waals surface area (Å²) in [5.74, 6) is 6.69. The molecule has 0 radical (unpaired) electrons. The van der Waals surface area contributed by atoms with Crippen LogP contribution < -0.4 is 16.1 Å². The average Bonchev–Trinajstić information content (AvgIpc) is 2.51. The summed E-state index contributed by atoms with van der Waals surface area (Å²) in [6.07, 6.45) is 0. The number of methoxy groups -OCH3 is 1. The maximum absolute atomic E-state index is 12.3. The Morgan fingerprint density at radius 3 is 2.38 bits per heavy atom. The molecule has 2 N–H and O–H groups in total. The molecule has 0 fully saturated rings. The van der Waals surface area contributed by atoms with E-state index >= 15 is 0 Å². The number of ether oxygens (including phenoxy) is 1. The number of pyridine rings is 1. The van der Waals surface area contributed by atoms with Gasteiger partial charge >= 0.3 is 0 Å². The van der Waals surface area contributed by atoms with Crippen LogP contribution in [0.2, 0.25) is 0 Å². The Bertz CT molecular complexity index is 826. The second-order valence-corrected chi connectivity index (χ2v) is 4.52. The second kappa shape index (κ2) is 5.89. The van der Waals surface area contributed by atoms with Crippen LogP contribution in [-0.4, -0.2) is 11.8 Å². The first kappa shape index (κ1) is 14.9. The summed E-state index contributed by atoms with van der Waals surface area (Å²) in [6.45, 7) is 0. The van der Waals surface area contributed by atoms with Crippen LogP contribution >= 0.6 is 12.4 Å². The average molecular weight is 303 g/mol. The van der Waals surface area contributed by atoms with Gasteiger partial charge in [0.2, 0.25) is 0 Å². The van der Waals surface area contributed by atoms with Crippen LogP contribution in [0.15, 0.2) is 59.4 Å². The molecule has 5 heteroatoms. The van der Waals surface area contributed by atoms with E-state index in [1.165, 1.54) is 4.68 Å². The molecule has 0 unspecified atom stereocenters. The van der Waals surface area contributed by atoms with Crippen molar-refractivity contribution < 1.29 is 4.74 Å². The first-order valence-corrected chi connectivity index (χ1v) is 6.25. The van der Waals surface area contributed by atoms with Crippen molar-refractivity contribution in [2.75, 3.05) is 13.0 Å². The van der Waals surface area contributed by atoms with Crippen molar-refractivity contribution >= 4 is 23.2 Å². The largest absolute Gasteiger partial charge is 0.497 e. The fraction of sp³-hybridized carbons (Fsp3) is 0.0625. The number of benzene rings is 2. The van der Waals surface area contributed by atoms with E-state index < -0.39 is 0 Å². The normalized spacial score (nSPS) is 10.1. The van der Waals surface area contributed by atoms with Gasteiger partial charge < -0.3 is 10.6 Å². The first-order chi connectivity index (χ1) is 9.70. The smallest absolute Gasteiger partial charge is 0.277 e. The van der Waals surface area contributed by atoms with Crippen LogP contribution in [-0.2, 0) is 0 Å². The lowest BCUT2D eigenvalue weighted by molar-refractivity contribution is 0.415. The molecule has 0 aliphatic rings. The number of nitrogen functional groups attached to an aromatic ring is 1. The predicted molar refractivity (Wildman–Crippen MR) is 87.6 cm³/mol. The lowest BCUT2D eigenvalue weighted by Crippen LogP contribution is -2.28. The van der Waals surface area contributed by atoms with Crippen molar-refractivity contribution in [3.8, 4) is 17.0 Å². The molecular weight excluding hydrogens is 288 g/mol. The molecule has 4 nitrogen and oxygen atoms in total. The molecule has 0 bridgehead atoms. The maximum atomic E-state index is 12.3. The van der Waals surface area contributed by atoms with E-state index in [0.29, 0.717) is 11.1 Å². The van der Waals surface area contributed by atoms with Crippen molar-refractivity contribution in [1.82, 2.24) is 4.68 Å². The minimum absolute atomic E-state index is 0. The van der Waals surface area contributed by atoms with Crippen molar-refractivity contribution in [3.05, 3.63) is 65.0 Å². The predicted octanol–water partition coefficient (Wildman–Crippen LogP) is 2.81. The molecule has 21 heavy (non-hydrogen) atoms. The van der Waals surface area contributed by atoms with Gasteiger partial charge in [0.15, 0.2) is 0 Å². The van der Waals surface area contributed by atoms with Gasteiger partial charge in [-0.1, -0.05) is 18.2 Å². The van der Waals surface area contributed by atoms with E-state index in [1.807, 2.05) is 48.5 Å². The molecule has 0 saturated carbocycles. The van der Waals surface area contributed by atoms with E-state index in [2.05, 4.69) is 0 Å². The summed E-state index contributed by atoms with van der Waals surface area (Å²) in [6, 6.07) is 16.8. The van der Waals surface area contributed by atoms with Crippen molar-refractivity contribution in [2.45, 2.75) is 0 Å². The maximum Gasteiger partial charge on any atom is 0.277 e. The molecular formula is C16H15ClN2O2. The van der Waals surface area contributed by atoms with Gasteiger partial charge in [0.1, 0.15) is 5.75 Å². The summed E-state index contributed by atoms with van der Waals surface area (Å²) in [7, 11) is 1.61. The van der Waals surface area contributed by atoms with Crippen LogP contribution in [0.3, 0.4) is 0 Å². The molecule has 3 rings (SSSR count). The monoisotopic (exact) mass is 302 g/mol. The number of hydrogen-bond donors (Lipinski definition) is 1. The van der Waals surface area contributed by atoms with E-state index in [-0.39, 0.29) is 18.0 Å². The van der Waals surface area contributed by atoms with Crippen LogP contribution in [0.1, 0.15) is 0 Å². The molecule has 1 aromatic heterocycles. The zero-order chi connectivity index (χ0) is 14.1. The third-order valence-electron chi connectivity index (χ3n) is 3.35. The van der Waals surface area contributed by atoms with E-state index in [9.17, 15) is 4.79 Å². The van der Waals surface area contributed by atoms with E-state index in [0.717, 1.165) is 16.7 Å².